The second-order valence-electron chi connectivity index (χ2n) is 7.18. The first kappa shape index (κ1) is 15.4. The topological polar surface area (TPSA) is 74.9 Å². The van der Waals surface area contributed by atoms with E-state index >= 15 is 0 Å². The van der Waals surface area contributed by atoms with Gasteiger partial charge in [-0.2, -0.15) is 4.98 Å². The highest BCUT2D eigenvalue weighted by Gasteiger charge is 2.33. The maximum Gasteiger partial charge on any atom is 0.266 e. The molecule has 23 heavy (non-hydrogen) atoms. The lowest BCUT2D eigenvalue weighted by Crippen LogP contribution is -2.48. The molecule has 2 aliphatic heterocycles. The average molecular weight is 322 g/mol. The normalized spacial score (nSPS) is 29.9. The van der Waals surface area contributed by atoms with Crippen molar-refractivity contribution in [3.8, 4) is 0 Å². The molecule has 3 fully saturated rings. The zero-order valence-corrected chi connectivity index (χ0v) is 13.6. The van der Waals surface area contributed by atoms with Gasteiger partial charge < -0.3 is 19.3 Å². The molecule has 0 aromatic carbocycles. The summed E-state index contributed by atoms with van der Waals surface area (Å²) in [5, 5.41) is 13.8. The molecule has 1 aliphatic carbocycles. The van der Waals surface area contributed by atoms with Crippen molar-refractivity contribution in [2.75, 3.05) is 57.4 Å². The summed E-state index contributed by atoms with van der Waals surface area (Å²) in [7, 11) is 0. The first-order valence-corrected chi connectivity index (χ1v) is 8.81. The summed E-state index contributed by atoms with van der Waals surface area (Å²) < 4.78 is 10.8. The third-order valence-electron chi connectivity index (χ3n) is 5.14. The summed E-state index contributed by atoms with van der Waals surface area (Å²) in [6.07, 6.45) is 3.40. The summed E-state index contributed by atoms with van der Waals surface area (Å²) >= 11 is 0. The Labute approximate surface area is 136 Å². The van der Waals surface area contributed by atoms with Crippen LogP contribution >= 0.6 is 0 Å². The summed E-state index contributed by atoms with van der Waals surface area (Å²) in [6, 6.07) is 0. The SMILES string of the molecule is OC[C@H]1C[C@@H](CN2CCOCC2)CN(c2noc(C3CC3)n2)C1. The Morgan fingerprint density at radius 1 is 1.13 bits per heavy atom. The van der Waals surface area contributed by atoms with E-state index in [1.54, 1.807) is 0 Å². The number of hydrogen-bond acceptors (Lipinski definition) is 7. The minimum atomic E-state index is 0.226. The second-order valence-corrected chi connectivity index (χ2v) is 7.18. The van der Waals surface area contributed by atoms with Crippen LogP contribution in [-0.2, 0) is 4.74 Å². The monoisotopic (exact) mass is 322 g/mol. The summed E-state index contributed by atoms with van der Waals surface area (Å²) in [5.74, 6) is 2.80. The second kappa shape index (κ2) is 6.75. The van der Waals surface area contributed by atoms with Crippen LogP contribution in [0.2, 0.25) is 0 Å². The molecule has 0 amide bonds. The zero-order valence-electron chi connectivity index (χ0n) is 13.6. The quantitative estimate of drug-likeness (QED) is 0.856. The van der Waals surface area contributed by atoms with Crippen LogP contribution in [0, 0.1) is 11.8 Å². The fourth-order valence-corrected chi connectivity index (χ4v) is 3.75. The molecule has 1 aromatic heterocycles. The van der Waals surface area contributed by atoms with Gasteiger partial charge in [0.1, 0.15) is 0 Å². The molecule has 4 rings (SSSR count). The molecule has 128 valence electrons. The molecule has 2 saturated heterocycles. The van der Waals surface area contributed by atoms with E-state index in [1.807, 2.05) is 0 Å². The van der Waals surface area contributed by atoms with E-state index < -0.39 is 0 Å². The number of aliphatic hydroxyl groups is 1. The Balaban J connectivity index is 1.41. The molecule has 1 aromatic rings. The van der Waals surface area contributed by atoms with Crippen LogP contribution in [0.4, 0.5) is 5.95 Å². The number of hydrogen-bond donors (Lipinski definition) is 1. The molecule has 1 N–H and O–H groups in total. The molecule has 0 unspecified atom stereocenters. The number of ether oxygens (including phenoxy) is 1. The molecule has 3 aliphatic rings. The highest BCUT2D eigenvalue weighted by Crippen LogP contribution is 2.39. The first-order valence-electron chi connectivity index (χ1n) is 8.81. The maximum atomic E-state index is 9.66. The molecule has 7 heteroatoms. The van der Waals surface area contributed by atoms with Crippen LogP contribution in [0.1, 0.15) is 31.1 Å². The summed E-state index contributed by atoms with van der Waals surface area (Å²) in [6.45, 7) is 6.72. The van der Waals surface area contributed by atoms with Crippen LogP contribution in [0.25, 0.3) is 0 Å². The number of aromatic nitrogens is 2. The van der Waals surface area contributed by atoms with Crippen molar-refractivity contribution in [1.82, 2.24) is 15.0 Å². The molecule has 2 atom stereocenters. The van der Waals surface area contributed by atoms with Gasteiger partial charge in [-0.3, -0.25) is 4.90 Å². The maximum absolute atomic E-state index is 9.66. The molecule has 0 spiro atoms. The Bertz CT molecular complexity index is 513. The third kappa shape index (κ3) is 3.67. The highest BCUT2D eigenvalue weighted by molar-refractivity contribution is 5.30. The molecule has 0 bridgehead atoms. The van der Waals surface area contributed by atoms with Gasteiger partial charge in [0, 0.05) is 45.2 Å². The average Bonchev–Trinajstić information content (AvgIpc) is 3.32. The van der Waals surface area contributed by atoms with E-state index in [9.17, 15) is 5.11 Å². The van der Waals surface area contributed by atoms with Crippen molar-refractivity contribution >= 4 is 5.95 Å². The van der Waals surface area contributed by atoms with E-state index in [2.05, 4.69) is 19.9 Å². The van der Waals surface area contributed by atoms with Gasteiger partial charge in [0.2, 0.25) is 5.89 Å². The lowest BCUT2D eigenvalue weighted by Gasteiger charge is -2.39. The van der Waals surface area contributed by atoms with Crippen LogP contribution in [-0.4, -0.2) is 72.7 Å². The van der Waals surface area contributed by atoms with Gasteiger partial charge in [-0.1, -0.05) is 0 Å². The first-order chi connectivity index (χ1) is 11.3. The molecule has 3 heterocycles. The Morgan fingerprint density at radius 3 is 2.65 bits per heavy atom. The molecule has 7 nitrogen and oxygen atoms in total. The summed E-state index contributed by atoms with van der Waals surface area (Å²) in [5.41, 5.74) is 0. The number of rotatable bonds is 5. The third-order valence-corrected chi connectivity index (χ3v) is 5.14. The van der Waals surface area contributed by atoms with E-state index in [0.717, 1.165) is 58.2 Å². The Morgan fingerprint density at radius 2 is 1.91 bits per heavy atom. The molecule has 1 saturated carbocycles. The van der Waals surface area contributed by atoms with Gasteiger partial charge in [-0.25, -0.2) is 0 Å². The lowest BCUT2D eigenvalue weighted by atomic mass is 9.89. The number of nitrogens with zero attached hydrogens (tertiary/aromatic N) is 4. The van der Waals surface area contributed by atoms with Gasteiger partial charge in [-0.15, -0.1) is 0 Å². The van der Waals surface area contributed by atoms with E-state index in [-0.39, 0.29) is 12.5 Å². The van der Waals surface area contributed by atoms with Gasteiger partial charge in [-0.05, 0) is 36.3 Å². The molecular weight excluding hydrogens is 296 g/mol. The number of morpholine rings is 1. The molecule has 0 radical (unpaired) electrons. The van der Waals surface area contributed by atoms with E-state index in [0.29, 0.717) is 17.8 Å². The van der Waals surface area contributed by atoms with Gasteiger partial charge >= 0.3 is 0 Å². The zero-order chi connectivity index (χ0) is 15.6. The standard InChI is InChI=1S/C16H26N4O3/c21-11-13-7-12(8-19-3-5-22-6-4-19)9-20(10-13)16-17-15(23-18-16)14-1-2-14/h12-14,21H,1-11H2/t12-,13-/m0/s1. The Hall–Kier alpha value is -1.18. The van der Waals surface area contributed by atoms with Gasteiger partial charge in [0.15, 0.2) is 0 Å². The predicted molar refractivity (Wildman–Crippen MR) is 84.4 cm³/mol. The van der Waals surface area contributed by atoms with Crippen LogP contribution < -0.4 is 4.90 Å². The van der Waals surface area contributed by atoms with Crippen LogP contribution in [0.15, 0.2) is 4.52 Å². The minimum absolute atomic E-state index is 0.226. The smallest absolute Gasteiger partial charge is 0.266 e. The van der Waals surface area contributed by atoms with Crippen molar-refractivity contribution < 1.29 is 14.4 Å². The minimum Gasteiger partial charge on any atom is -0.396 e. The van der Waals surface area contributed by atoms with Crippen LogP contribution in [0.5, 0.6) is 0 Å². The van der Waals surface area contributed by atoms with E-state index in [1.165, 1.54) is 12.8 Å². The largest absolute Gasteiger partial charge is 0.396 e. The van der Waals surface area contributed by atoms with Gasteiger partial charge in [0.25, 0.3) is 5.95 Å². The predicted octanol–water partition coefficient (Wildman–Crippen LogP) is 0.714. The fourth-order valence-electron chi connectivity index (χ4n) is 3.75. The van der Waals surface area contributed by atoms with Crippen molar-refractivity contribution in [3.63, 3.8) is 0 Å². The number of aliphatic hydroxyl groups excluding tert-OH is 1. The van der Waals surface area contributed by atoms with Gasteiger partial charge in [0.05, 0.1) is 13.2 Å². The Kier molecular flexibility index (Phi) is 4.50. The van der Waals surface area contributed by atoms with E-state index in [4.69, 9.17) is 9.26 Å². The number of piperidine rings is 1. The highest BCUT2D eigenvalue weighted by atomic mass is 16.5. The lowest BCUT2D eigenvalue weighted by molar-refractivity contribution is 0.0267. The summed E-state index contributed by atoms with van der Waals surface area (Å²) in [4.78, 5) is 9.25. The van der Waals surface area contributed by atoms with Crippen molar-refractivity contribution in [2.45, 2.75) is 25.2 Å². The van der Waals surface area contributed by atoms with Crippen molar-refractivity contribution in [1.29, 1.82) is 0 Å². The van der Waals surface area contributed by atoms with Crippen LogP contribution in [0.3, 0.4) is 0 Å². The van der Waals surface area contributed by atoms with Crippen molar-refractivity contribution in [3.05, 3.63) is 5.89 Å². The molecular formula is C16H26N4O3. The number of anilines is 1. The van der Waals surface area contributed by atoms with Crippen molar-refractivity contribution in [2.24, 2.45) is 11.8 Å². The fraction of sp³-hybridized carbons (Fsp3) is 0.875.